The van der Waals surface area contributed by atoms with Gasteiger partial charge in [0.15, 0.2) is 5.78 Å². The molecule has 2 heterocycles. The number of anilines is 1. The number of hydrogen-bond acceptors (Lipinski definition) is 4. The number of piperazine rings is 1. The van der Waals surface area contributed by atoms with Gasteiger partial charge in [0, 0.05) is 43.9 Å². The van der Waals surface area contributed by atoms with E-state index in [9.17, 15) is 9.18 Å². The first-order chi connectivity index (χ1) is 14.2. The molecule has 1 fully saturated rings. The quantitative estimate of drug-likeness (QED) is 0.762. The fraction of sp³-hybridized carbons (Fsp3) is 0.458. The van der Waals surface area contributed by atoms with Gasteiger partial charge in [0.1, 0.15) is 5.82 Å². The third-order valence-electron chi connectivity index (χ3n) is 6.11. The Morgan fingerprint density at radius 2 is 1.66 bits per heavy atom. The normalized spacial score (nSPS) is 17.6. The van der Waals surface area contributed by atoms with E-state index in [-0.39, 0.29) is 11.6 Å². The van der Waals surface area contributed by atoms with Crippen LogP contribution in [0.15, 0.2) is 42.5 Å². The smallest absolute Gasteiger partial charge is 0.162 e. The molecule has 154 valence electrons. The summed E-state index contributed by atoms with van der Waals surface area (Å²) in [6.45, 7) is 6.83. The fourth-order valence-corrected chi connectivity index (χ4v) is 4.34. The van der Waals surface area contributed by atoms with E-state index in [0.29, 0.717) is 6.42 Å². The van der Waals surface area contributed by atoms with Crippen molar-refractivity contribution in [3.63, 3.8) is 0 Å². The number of nitrogens with zero attached hydrogens (tertiary/aromatic N) is 2. The van der Waals surface area contributed by atoms with Gasteiger partial charge in [-0.3, -0.25) is 9.69 Å². The minimum Gasteiger partial charge on any atom is -0.369 e. The average molecular weight is 396 g/mol. The van der Waals surface area contributed by atoms with Crippen LogP contribution in [0.1, 0.15) is 34.3 Å². The number of nitrogens with one attached hydrogen (secondary N) is 1. The number of hydrogen-bond donors (Lipinski definition) is 1. The van der Waals surface area contributed by atoms with Crippen molar-refractivity contribution in [2.75, 3.05) is 50.7 Å². The number of carbonyl (C=O) groups excluding carboxylic acids is 1. The summed E-state index contributed by atoms with van der Waals surface area (Å²) in [6.07, 6.45) is 3.56. The van der Waals surface area contributed by atoms with Crippen molar-refractivity contribution in [3.8, 4) is 0 Å². The second-order valence-electron chi connectivity index (χ2n) is 8.07. The molecule has 0 bridgehead atoms. The maximum absolute atomic E-state index is 13.1. The summed E-state index contributed by atoms with van der Waals surface area (Å²) in [5.74, 6) is 0.0677. The van der Waals surface area contributed by atoms with E-state index in [0.717, 1.165) is 76.3 Å². The molecule has 0 spiro atoms. The minimum atomic E-state index is -0.191. The van der Waals surface area contributed by atoms with Gasteiger partial charge in [0.2, 0.25) is 0 Å². The molecule has 4 nitrogen and oxygen atoms in total. The second kappa shape index (κ2) is 9.51. The predicted octanol–water partition coefficient (Wildman–Crippen LogP) is 3.30. The van der Waals surface area contributed by atoms with Gasteiger partial charge in [0.05, 0.1) is 0 Å². The highest BCUT2D eigenvalue weighted by Gasteiger charge is 2.18. The lowest BCUT2D eigenvalue weighted by Crippen LogP contribution is -2.46. The Kier molecular flexibility index (Phi) is 6.57. The van der Waals surface area contributed by atoms with Gasteiger partial charge in [-0.25, -0.2) is 4.39 Å². The maximum atomic E-state index is 13.1. The molecule has 0 aliphatic carbocycles. The van der Waals surface area contributed by atoms with Gasteiger partial charge in [0.25, 0.3) is 0 Å². The molecule has 2 aliphatic rings. The summed E-state index contributed by atoms with van der Waals surface area (Å²) >= 11 is 0. The third kappa shape index (κ3) is 5.22. The average Bonchev–Trinajstić information content (AvgIpc) is 2.99. The lowest BCUT2D eigenvalue weighted by Gasteiger charge is -2.36. The van der Waals surface area contributed by atoms with Crippen LogP contribution < -0.4 is 10.2 Å². The van der Waals surface area contributed by atoms with Crippen molar-refractivity contribution in [1.82, 2.24) is 10.2 Å². The van der Waals surface area contributed by atoms with Gasteiger partial charge in [-0.15, -0.1) is 0 Å². The molecule has 0 saturated carbocycles. The van der Waals surface area contributed by atoms with E-state index in [1.807, 2.05) is 18.2 Å². The highest BCUT2D eigenvalue weighted by Crippen LogP contribution is 2.19. The van der Waals surface area contributed by atoms with Gasteiger partial charge >= 0.3 is 0 Å². The first kappa shape index (κ1) is 20.0. The second-order valence-corrected chi connectivity index (χ2v) is 8.07. The third-order valence-corrected chi connectivity index (χ3v) is 6.11. The Morgan fingerprint density at radius 1 is 0.931 bits per heavy atom. The molecule has 29 heavy (non-hydrogen) atoms. The first-order valence-electron chi connectivity index (χ1n) is 10.8. The lowest BCUT2D eigenvalue weighted by atomic mass is 9.97. The van der Waals surface area contributed by atoms with E-state index >= 15 is 0 Å². The number of benzene rings is 2. The topological polar surface area (TPSA) is 35.6 Å². The number of rotatable bonds is 6. The monoisotopic (exact) mass is 395 g/mol. The Balaban J connectivity index is 1.22. The fourth-order valence-electron chi connectivity index (χ4n) is 4.34. The van der Waals surface area contributed by atoms with Gasteiger partial charge in [-0.2, -0.15) is 0 Å². The molecule has 0 unspecified atom stereocenters. The van der Waals surface area contributed by atoms with Crippen LogP contribution in [0.2, 0.25) is 0 Å². The summed E-state index contributed by atoms with van der Waals surface area (Å²) in [5, 5.41) is 3.42. The zero-order valence-corrected chi connectivity index (χ0v) is 17.0. The molecule has 2 aliphatic heterocycles. The molecule has 0 amide bonds. The molecule has 2 aromatic carbocycles. The molecule has 1 N–H and O–H groups in total. The van der Waals surface area contributed by atoms with Gasteiger partial charge < -0.3 is 10.2 Å². The Bertz CT molecular complexity index is 829. The van der Waals surface area contributed by atoms with Crippen molar-refractivity contribution < 1.29 is 9.18 Å². The Morgan fingerprint density at radius 3 is 2.41 bits per heavy atom. The first-order valence-corrected chi connectivity index (χ1v) is 10.8. The molecule has 0 aromatic heterocycles. The molecule has 0 radical (unpaired) electrons. The summed E-state index contributed by atoms with van der Waals surface area (Å²) in [5.41, 5.74) is 4.66. The predicted molar refractivity (Wildman–Crippen MR) is 115 cm³/mol. The molecule has 2 aromatic rings. The Hall–Kier alpha value is -2.24. The van der Waals surface area contributed by atoms with E-state index in [1.54, 1.807) is 0 Å². The summed E-state index contributed by atoms with van der Waals surface area (Å²) < 4.78 is 13.1. The molecular weight excluding hydrogens is 365 g/mol. The van der Waals surface area contributed by atoms with Crippen molar-refractivity contribution in [1.29, 1.82) is 0 Å². The lowest BCUT2D eigenvalue weighted by molar-refractivity contribution is 0.0974. The van der Waals surface area contributed by atoms with Crippen molar-refractivity contribution in [2.24, 2.45) is 0 Å². The molecule has 4 rings (SSSR count). The van der Waals surface area contributed by atoms with Crippen LogP contribution in [-0.4, -0.2) is 56.5 Å². The number of ketones is 1. The number of fused-ring (bicyclic) bond motifs is 1. The number of halogens is 1. The van der Waals surface area contributed by atoms with Crippen LogP contribution in [0.25, 0.3) is 0 Å². The summed E-state index contributed by atoms with van der Waals surface area (Å²) in [7, 11) is 0. The molecule has 1 saturated heterocycles. The zero-order chi connectivity index (χ0) is 20.1. The summed E-state index contributed by atoms with van der Waals surface area (Å²) in [6, 6.07) is 13.0. The molecular formula is C24H30FN3O. The highest BCUT2D eigenvalue weighted by molar-refractivity contribution is 5.96. The van der Waals surface area contributed by atoms with E-state index in [4.69, 9.17) is 0 Å². The zero-order valence-electron chi connectivity index (χ0n) is 17.0. The van der Waals surface area contributed by atoms with Gasteiger partial charge in [-0.1, -0.05) is 12.1 Å². The van der Waals surface area contributed by atoms with Crippen LogP contribution in [0.4, 0.5) is 10.1 Å². The van der Waals surface area contributed by atoms with Crippen molar-refractivity contribution >= 4 is 11.5 Å². The van der Waals surface area contributed by atoms with Crippen LogP contribution in [-0.2, 0) is 12.8 Å². The van der Waals surface area contributed by atoms with Crippen LogP contribution >= 0.6 is 0 Å². The highest BCUT2D eigenvalue weighted by atomic mass is 19.1. The standard InChI is InChI=1S/C24H30FN3O/c25-22-5-7-23(8-6-22)28-16-14-27(15-17-28)13-1-2-24(29)21-4-3-19-9-11-26-12-10-20(19)18-21/h3-8,18,26H,1-2,9-17H2. The van der Waals surface area contributed by atoms with Crippen molar-refractivity contribution in [3.05, 3.63) is 65.0 Å². The van der Waals surface area contributed by atoms with Crippen LogP contribution in [0.5, 0.6) is 0 Å². The van der Waals surface area contributed by atoms with Crippen LogP contribution in [0.3, 0.4) is 0 Å². The van der Waals surface area contributed by atoms with Crippen LogP contribution in [0, 0.1) is 5.82 Å². The molecule has 5 heteroatoms. The Labute approximate surface area is 172 Å². The van der Waals surface area contributed by atoms with E-state index in [1.165, 1.54) is 23.3 Å². The number of carbonyl (C=O) groups is 1. The van der Waals surface area contributed by atoms with E-state index in [2.05, 4.69) is 27.2 Å². The SMILES string of the molecule is O=C(CCCN1CCN(c2ccc(F)cc2)CC1)c1ccc2c(c1)CCNCC2. The maximum Gasteiger partial charge on any atom is 0.162 e. The molecule has 0 atom stereocenters. The number of Topliss-reactive ketones (excluding diaryl/α,β-unsaturated/α-hetero) is 1. The van der Waals surface area contributed by atoms with Gasteiger partial charge in [-0.05, 0) is 80.4 Å². The largest absolute Gasteiger partial charge is 0.369 e. The van der Waals surface area contributed by atoms with Crippen molar-refractivity contribution in [2.45, 2.75) is 25.7 Å². The summed E-state index contributed by atoms with van der Waals surface area (Å²) in [4.78, 5) is 17.4. The van der Waals surface area contributed by atoms with E-state index < -0.39 is 0 Å². The minimum absolute atomic E-state index is 0.191.